The summed E-state index contributed by atoms with van der Waals surface area (Å²) in [6, 6.07) is 0. The van der Waals surface area contributed by atoms with E-state index in [1.807, 2.05) is 13.8 Å². The van der Waals surface area contributed by atoms with Crippen LogP contribution in [-0.2, 0) is 0 Å². The van der Waals surface area contributed by atoms with Crippen LogP contribution in [0.3, 0.4) is 0 Å². The van der Waals surface area contributed by atoms with E-state index in [2.05, 4.69) is 13.8 Å². The number of aliphatic hydroxyl groups excluding tert-OH is 1. The van der Waals surface area contributed by atoms with E-state index < -0.39 is 17.7 Å². The van der Waals surface area contributed by atoms with Gasteiger partial charge in [0.25, 0.3) is 0 Å². The van der Waals surface area contributed by atoms with E-state index >= 15 is 0 Å². The minimum absolute atomic E-state index is 0.191. The summed E-state index contributed by atoms with van der Waals surface area (Å²) >= 11 is 0. The van der Waals surface area contributed by atoms with Crippen LogP contribution >= 0.6 is 0 Å². The van der Waals surface area contributed by atoms with E-state index in [1.165, 1.54) is 0 Å². The van der Waals surface area contributed by atoms with Gasteiger partial charge in [-0.25, -0.2) is 4.39 Å². The molecule has 0 aliphatic heterocycles. The fraction of sp³-hybridized carbons (Fsp3) is 1.00. The fourth-order valence-corrected chi connectivity index (χ4v) is 1.60. The van der Waals surface area contributed by atoms with E-state index in [4.69, 9.17) is 0 Å². The lowest BCUT2D eigenvalue weighted by atomic mass is 9.84. The summed E-state index contributed by atoms with van der Waals surface area (Å²) in [5.74, 6) is 0.611. The summed E-state index contributed by atoms with van der Waals surface area (Å²) in [6.07, 6.45) is -0.730. The van der Waals surface area contributed by atoms with Gasteiger partial charge in [-0.05, 0) is 18.3 Å². The third-order valence-corrected chi connectivity index (χ3v) is 3.40. The van der Waals surface area contributed by atoms with E-state index in [0.29, 0.717) is 12.3 Å². The average Bonchev–Trinajstić information content (AvgIpc) is 2.58. The van der Waals surface area contributed by atoms with Crippen molar-refractivity contribution in [3.63, 3.8) is 0 Å². The third-order valence-electron chi connectivity index (χ3n) is 3.40. The Kier molecular flexibility index (Phi) is 2.48. The summed E-state index contributed by atoms with van der Waals surface area (Å²) in [7, 11) is 0. The number of halogens is 1. The highest BCUT2D eigenvalue weighted by atomic mass is 19.1. The van der Waals surface area contributed by atoms with Crippen LogP contribution in [0.4, 0.5) is 4.39 Å². The van der Waals surface area contributed by atoms with Crippen molar-refractivity contribution in [3.05, 3.63) is 0 Å². The van der Waals surface area contributed by atoms with Crippen molar-refractivity contribution in [3.8, 4) is 0 Å². The van der Waals surface area contributed by atoms with Gasteiger partial charge in [-0.3, -0.25) is 0 Å². The molecule has 0 heterocycles. The molecule has 0 bridgehead atoms. The molecular formula is C10H19FO. The first-order valence-corrected chi connectivity index (χ1v) is 4.71. The first-order chi connectivity index (χ1) is 5.39. The van der Waals surface area contributed by atoms with Crippen molar-refractivity contribution in [2.24, 2.45) is 17.3 Å². The molecule has 0 saturated heterocycles. The first-order valence-electron chi connectivity index (χ1n) is 4.71. The van der Waals surface area contributed by atoms with Crippen LogP contribution in [0.2, 0.25) is 0 Å². The molecule has 0 amide bonds. The number of hydrogen-bond donors (Lipinski definition) is 1. The molecular weight excluding hydrogens is 155 g/mol. The second kappa shape index (κ2) is 2.99. The van der Waals surface area contributed by atoms with Crippen molar-refractivity contribution in [1.29, 1.82) is 0 Å². The molecule has 1 saturated carbocycles. The van der Waals surface area contributed by atoms with Crippen molar-refractivity contribution in [2.75, 3.05) is 0 Å². The van der Waals surface area contributed by atoms with Gasteiger partial charge in [0.15, 0.2) is 0 Å². The van der Waals surface area contributed by atoms with E-state index in [0.717, 1.165) is 0 Å². The van der Waals surface area contributed by atoms with Crippen LogP contribution in [-0.4, -0.2) is 17.4 Å². The maximum Gasteiger partial charge on any atom is 0.109 e. The summed E-state index contributed by atoms with van der Waals surface area (Å²) < 4.78 is 12.9. The van der Waals surface area contributed by atoms with Crippen molar-refractivity contribution < 1.29 is 9.50 Å². The molecule has 2 heteroatoms. The molecule has 4 atom stereocenters. The predicted octanol–water partition coefficient (Wildman–Crippen LogP) is 2.39. The Morgan fingerprint density at radius 3 is 2.08 bits per heavy atom. The number of hydrogen-bond acceptors (Lipinski definition) is 1. The zero-order valence-corrected chi connectivity index (χ0v) is 8.34. The normalized spacial score (nSPS) is 39.8. The van der Waals surface area contributed by atoms with Gasteiger partial charge >= 0.3 is 0 Å². The topological polar surface area (TPSA) is 20.2 Å². The molecule has 1 aliphatic carbocycles. The van der Waals surface area contributed by atoms with E-state index in [1.54, 1.807) is 0 Å². The molecule has 1 fully saturated rings. The zero-order valence-electron chi connectivity index (χ0n) is 8.34. The number of aliphatic hydroxyl groups is 1. The maximum absolute atomic E-state index is 12.9. The Morgan fingerprint density at radius 1 is 1.42 bits per heavy atom. The zero-order chi connectivity index (χ0) is 9.52. The van der Waals surface area contributed by atoms with Crippen LogP contribution in [0, 0.1) is 17.3 Å². The Hall–Kier alpha value is -0.110. The van der Waals surface area contributed by atoms with Crippen LogP contribution in [0.1, 0.15) is 34.1 Å². The van der Waals surface area contributed by atoms with Gasteiger partial charge in [0.05, 0.1) is 6.10 Å². The van der Waals surface area contributed by atoms with Gasteiger partial charge in [-0.1, -0.05) is 27.7 Å². The molecule has 0 aromatic rings. The largest absolute Gasteiger partial charge is 0.392 e. The molecule has 1 rings (SSSR count). The molecule has 72 valence electrons. The Balaban J connectivity index is 2.53. The standard InChI is InChI=1S/C10H19FO/c1-6(2)7(3)9(12)10(4)5-8(10)11/h6-9,12H,5H2,1-4H3. The van der Waals surface area contributed by atoms with Crippen LogP contribution < -0.4 is 0 Å². The van der Waals surface area contributed by atoms with Gasteiger partial charge in [0, 0.05) is 5.41 Å². The van der Waals surface area contributed by atoms with Crippen molar-refractivity contribution in [2.45, 2.75) is 46.4 Å². The van der Waals surface area contributed by atoms with Gasteiger partial charge in [0.2, 0.25) is 0 Å². The fourth-order valence-electron chi connectivity index (χ4n) is 1.60. The van der Waals surface area contributed by atoms with Crippen molar-refractivity contribution in [1.82, 2.24) is 0 Å². The van der Waals surface area contributed by atoms with Crippen LogP contribution in [0.5, 0.6) is 0 Å². The minimum Gasteiger partial charge on any atom is -0.392 e. The third kappa shape index (κ3) is 1.49. The van der Waals surface area contributed by atoms with Crippen LogP contribution in [0.15, 0.2) is 0 Å². The monoisotopic (exact) mass is 174 g/mol. The highest BCUT2D eigenvalue weighted by molar-refractivity contribution is 5.05. The molecule has 0 spiro atoms. The molecule has 12 heavy (non-hydrogen) atoms. The van der Waals surface area contributed by atoms with Gasteiger partial charge in [0.1, 0.15) is 6.17 Å². The lowest BCUT2D eigenvalue weighted by Gasteiger charge is -2.27. The lowest BCUT2D eigenvalue weighted by Crippen LogP contribution is -2.31. The highest BCUT2D eigenvalue weighted by Gasteiger charge is 2.57. The van der Waals surface area contributed by atoms with Crippen LogP contribution in [0.25, 0.3) is 0 Å². The molecule has 4 unspecified atom stereocenters. The SMILES string of the molecule is CC(C)C(C)C(O)C1(C)CC1F. The van der Waals surface area contributed by atoms with Crippen molar-refractivity contribution >= 4 is 0 Å². The number of alkyl halides is 1. The average molecular weight is 174 g/mol. The Labute approximate surface area is 74.0 Å². The molecule has 1 N–H and O–H groups in total. The molecule has 0 aromatic carbocycles. The number of rotatable bonds is 3. The summed E-state index contributed by atoms with van der Waals surface area (Å²) in [5, 5.41) is 9.82. The molecule has 1 aliphatic rings. The summed E-state index contributed by atoms with van der Waals surface area (Å²) in [6.45, 7) is 7.95. The highest BCUT2D eigenvalue weighted by Crippen LogP contribution is 2.53. The minimum atomic E-state index is -0.784. The first kappa shape index (κ1) is 9.97. The van der Waals surface area contributed by atoms with Gasteiger partial charge in [-0.15, -0.1) is 0 Å². The molecule has 0 radical (unpaired) electrons. The summed E-state index contributed by atoms with van der Waals surface area (Å²) in [4.78, 5) is 0. The molecule has 1 nitrogen and oxygen atoms in total. The van der Waals surface area contributed by atoms with Gasteiger partial charge < -0.3 is 5.11 Å². The second-order valence-electron chi connectivity index (χ2n) is 4.73. The molecule has 0 aromatic heterocycles. The Bertz CT molecular complexity index is 169. The maximum atomic E-state index is 12.9. The van der Waals surface area contributed by atoms with E-state index in [9.17, 15) is 9.50 Å². The smallest absolute Gasteiger partial charge is 0.109 e. The predicted molar refractivity (Wildman–Crippen MR) is 47.6 cm³/mol. The van der Waals surface area contributed by atoms with Gasteiger partial charge in [-0.2, -0.15) is 0 Å². The quantitative estimate of drug-likeness (QED) is 0.696. The summed E-state index contributed by atoms with van der Waals surface area (Å²) in [5.41, 5.74) is -0.441. The lowest BCUT2D eigenvalue weighted by molar-refractivity contribution is 0.0225. The van der Waals surface area contributed by atoms with E-state index in [-0.39, 0.29) is 5.92 Å². The Morgan fingerprint density at radius 2 is 1.83 bits per heavy atom. The second-order valence-corrected chi connectivity index (χ2v) is 4.73.